The monoisotopic (exact) mass is 341 g/mol. The molecule has 0 fully saturated rings. The number of halogens is 3. The number of hydrogen-bond acceptors (Lipinski definition) is 3. The lowest BCUT2D eigenvalue weighted by molar-refractivity contribution is -0.113. The summed E-state index contributed by atoms with van der Waals surface area (Å²) < 4.78 is 44.5. The Morgan fingerprint density at radius 2 is 1.83 bits per heavy atom. The van der Waals surface area contributed by atoms with Gasteiger partial charge in [0.1, 0.15) is 23.2 Å². The number of ether oxygens (including phenoxy) is 1. The maximum absolute atomic E-state index is 13.4. The summed E-state index contributed by atoms with van der Waals surface area (Å²) >= 11 is 1.23. The van der Waals surface area contributed by atoms with Gasteiger partial charge in [-0.3, -0.25) is 4.79 Å². The summed E-state index contributed by atoms with van der Waals surface area (Å²) in [4.78, 5) is 11.8. The second-order valence-corrected chi connectivity index (χ2v) is 5.61. The van der Waals surface area contributed by atoms with Crippen molar-refractivity contribution in [1.82, 2.24) is 0 Å². The number of anilines is 1. The highest BCUT2D eigenvalue weighted by molar-refractivity contribution is 7.99. The van der Waals surface area contributed by atoms with Crippen molar-refractivity contribution >= 4 is 23.4 Å². The Morgan fingerprint density at radius 3 is 2.52 bits per heavy atom. The van der Waals surface area contributed by atoms with Crippen LogP contribution in [0.15, 0.2) is 36.4 Å². The van der Waals surface area contributed by atoms with Crippen LogP contribution >= 0.6 is 11.8 Å². The van der Waals surface area contributed by atoms with Crippen molar-refractivity contribution in [2.75, 3.05) is 18.2 Å². The van der Waals surface area contributed by atoms with Crippen molar-refractivity contribution in [3.8, 4) is 5.75 Å². The quantitative estimate of drug-likeness (QED) is 0.864. The minimum absolute atomic E-state index is 0.0382. The molecule has 0 aliphatic rings. The average molecular weight is 341 g/mol. The van der Waals surface area contributed by atoms with Gasteiger partial charge in [-0.05, 0) is 30.3 Å². The van der Waals surface area contributed by atoms with Crippen LogP contribution in [-0.2, 0) is 10.5 Å². The maximum atomic E-state index is 13.4. The lowest BCUT2D eigenvalue weighted by Crippen LogP contribution is -2.15. The van der Waals surface area contributed by atoms with Crippen LogP contribution in [0, 0.1) is 17.5 Å². The third kappa shape index (κ3) is 4.92. The van der Waals surface area contributed by atoms with E-state index >= 15 is 0 Å². The molecule has 0 spiro atoms. The second kappa shape index (κ2) is 7.92. The summed E-state index contributed by atoms with van der Waals surface area (Å²) in [6.07, 6.45) is 0. The van der Waals surface area contributed by atoms with E-state index in [1.54, 1.807) is 0 Å². The Morgan fingerprint density at radius 1 is 1.13 bits per heavy atom. The van der Waals surface area contributed by atoms with Crippen LogP contribution in [0.2, 0.25) is 0 Å². The maximum Gasteiger partial charge on any atom is 0.234 e. The number of nitrogens with one attached hydrogen (secondary N) is 1. The van der Waals surface area contributed by atoms with E-state index in [-0.39, 0.29) is 17.3 Å². The number of thioether (sulfide) groups is 1. The van der Waals surface area contributed by atoms with Crippen LogP contribution in [0.1, 0.15) is 5.56 Å². The van der Waals surface area contributed by atoms with Crippen molar-refractivity contribution in [3.63, 3.8) is 0 Å². The molecule has 0 aliphatic heterocycles. The summed E-state index contributed by atoms with van der Waals surface area (Å²) in [6.45, 7) is 0. The first kappa shape index (κ1) is 17.2. The summed E-state index contributed by atoms with van der Waals surface area (Å²) in [5.74, 6) is -1.45. The molecular weight excluding hydrogens is 327 g/mol. The first-order valence-electron chi connectivity index (χ1n) is 6.64. The van der Waals surface area contributed by atoms with Gasteiger partial charge in [0.05, 0.1) is 18.6 Å². The molecule has 0 bridgehead atoms. The van der Waals surface area contributed by atoms with Gasteiger partial charge in [-0.1, -0.05) is 0 Å². The Balaban J connectivity index is 1.89. The molecule has 23 heavy (non-hydrogen) atoms. The molecule has 2 rings (SSSR count). The topological polar surface area (TPSA) is 38.3 Å². The van der Waals surface area contributed by atoms with Gasteiger partial charge in [0.15, 0.2) is 0 Å². The zero-order chi connectivity index (χ0) is 16.8. The Hall–Kier alpha value is -2.15. The number of rotatable bonds is 6. The molecular formula is C16H14F3NO2S. The van der Waals surface area contributed by atoms with E-state index in [1.807, 2.05) is 0 Å². The molecule has 0 aliphatic carbocycles. The van der Waals surface area contributed by atoms with E-state index in [9.17, 15) is 18.0 Å². The van der Waals surface area contributed by atoms with E-state index in [2.05, 4.69) is 5.32 Å². The van der Waals surface area contributed by atoms with Gasteiger partial charge in [-0.25, -0.2) is 13.2 Å². The van der Waals surface area contributed by atoms with Crippen LogP contribution < -0.4 is 10.1 Å². The van der Waals surface area contributed by atoms with Crippen molar-refractivity contribution in [1.29, 1.82) is 0 Å². The van der Waals surface area contributed by atoms with Gasteiger partial charge >= 0.3 is 0 Å². The highest BCUT2D eigenvalue weighted by Crippen LogP contribution is 2.24. The zero-order valence-electron chi connectivity index (χ0n) is 12.2. The molecule has 0 heterocycles. The molecule has 0 atom stereocenters. The van der Waals surface area contributed by atoms with E-state index in [0.717, 1.165) is 12.1 Å². The van der Waals surface area contributed by atoms with Gasteiger partial charge in [0.2, 0.25) is 5.91 Å². The summed E-state index contributed by atoms with van der Waals surface area (Å²) in [5.41, 5.74) is 0.540. The number of benzene rings is 2. The first-order valence-corrected chi connectivity index (χ1v) is 7.80. The van der Waals surface area contributed by atoms with Crippen molar-refractivity contribution in [3.05, 3.63) is 59.4 Å². The SMILES string of the molecule is COc1ccc(F)cc1CSCC(=O)Nc1ccc(F)cc1F. The molecule has 7 heteroatoms. The zero-order valence-corrected chi connectivity index (χ0v) is 13.1. The van der Waals surface area contributed by atoms with Crippen molar-refractivity contribution in [2.24, 2.45) is 0 Å². The van der Waals surface area contributed by atoms with Crippen LogP contribution in [-0.4, -0.2) is 18.8 Å². The fraction of sp³-hybridized carbons (Fsp3) is 0.188. The Kier molecular flexibility index (Phi) is 5.92. The Labute approximate surface area is 135 Å². The first-order chi connectivity index (χ1) is 11.0. The predicted molar refractivity (Wildman–Crippen MR) is 84.1 cm³/mol. The van der Waals surface area contributed by atoms with E-state index in [1.165, 1.54) is 37.1 Å². The summed E-state index contributed by atoms with van der Waals surface area (Å²) in [7, 11) is 1.48. The number of methoxy groups -OCH3 is 1. The van der Waals surface area contributed by atoms with Gasteiger partial charge in [-0.2, -0.15) is 0 Å². The van der Waals surface area contributed by atoms with Crippen LogP contribution in [0.25, 0.3) is 0 Å². The van der Waals surface area contributed by atoms with Gasteiger partial charge < -0.3 is 10.1 Å². The third-order valence-electron chi connectivity index (χ3n) is 2.94. The number of amides is 1. The second-order valence-electron chi connectivity index (χ2n) is 4.62. The number of carbonyl (C=O) groups is 1. The largest absolute Gasteiger partial charge is 0.496 e. The van der Waals surface area contributed by atoms with Gasteiger partial charge in [0, 0.05) is 17.4 Å². The molecule has 0 saturated carbocycles. The fourth-order valence-corrected chi connectivity index (χ4v) is 2.70. The smallest absolute Gasteiger partial charge is 0.234 e. The fourth-order valence-electron chi connectivity index (χ4n) is 1.89. The minimum atomic E-state index is -0.838. The summed E-state index contributed by atoms with van der Waals surface area (Å²) in [6, 6.07) is 7.05. The van der Waals surface area contributed by atoms with E-state index in [4.69, 9.17) is 4.74 Å². The molecule has 0 radical (unpaired) electrons. The molecule has 0 saturated heterocycles. The van der Waals surface area contributed by atoms with Crippen LogP contribution in [0.5, 0.6) is 5.75 Å². The third-order valence-corrected chi connectivity index (χ3v) is 3.92. The molecule has 0 aromatic heterocycles. The van der Waals surface area contributed by atoms with E-state index in [0.29, 0.717) is 23.1 Å². The molecule has 0 unspecified atom stereocenters. The van der Waals surface area contributed by atoms with Crippen LogP contribution in [0.4, 0.5) is 18.9 Å². The molecule has 1 amide bonds. The number of carbonyl (C=O) groups excluding carboxylic acids is 1. The Bertz CT molecular complexity index is 710. The molecule has 3 nitrogen and oxygen atoms in total. The van der Waals surface area contributed by atoms with E-state index < -0.39 is 17.5 Å². The van der Waals surface area contributed by atoms with Gasteiger partial charge in [-0.15, -0.1) is 11.8 Å². The number of hydrogen-bond donors (Lipinski definition) is 1. The molecule has 1 N–H and O–H groups in total. The molecule has 2 aromatic carbocycles. The van der Waals surface area contributed by atoms with Crippen molar-refractivity contribution < 1.29 is 22.7 Å². The summed E-state index contributed by atoms with van der Waals surface area (Å²) in [5, 5.41) is 2.36. The van der Waals surface area contributed by atoms with Crippen molar-refractivity contribution in [2.45, 2.75) is 5.75 Å². The molecule has 2 aromatic rings. The lowest BCUT2D eigenvalue weighted by Gasteiger charge is -2.09. The lowest BCUT2D eigenvalue weighted by atomic mass is 10.2. The molecule has 122 valence electrons. The highest BCUT2D eigenvalue weighted by atomic mass is 32.2. The standard InChI is InChI=1S/C16H14F3NO2S/c1-22-15-5-3-11(17)6-10(15)8-23-9-16(21)20-14-4-2-12(18)7-13(14)19/h2-7H,8-9H2,1H3,(H,20,21). The average Bonchev–Trinajstić information content (AvgIpc) is 2.50. The minimum Gasteiger partial charge on any atom is -0.496 e. The highest BCUT2D eigenvalue weighted by Gasteiger charge is 2.10. The predicted octanol–water partition coefficient (Wildman–Crippen LogP) is 3.98. The normalized spacial score (nSPS) is 10.4. The van der Waals surface area contributed by atoms with Gasteiger partial charge in [0.25, 0.3) is 0 Å². The van der Waals surface area contributed by atoms with Crippen LogP contribution in [0.3, 0.4) is 0 Å².